The van der Waals surface area contributed by atoms with Gasteiger partial charge in [0.2, 0.25) is 0 Å². The molecule has 0 fully saturated rings. The molecule has 4 heteroatoms. The fourth-order valence-electron chi connectivity index (χ4n) is 1.97. The van der Waals surface area contributed by atoms with E-state index in [0.29, 0.717) is 0 Å². The average Bonchev–Trinajstić information content (AvgIpc) is 2.46. The number of nitrogens with one attached hydrogen (secondary N) is 1. The van der Waals surface area contributed by atoms with Gasteiger partial charge >= 0.3 is 0 Å². The molecule has 0 amide bonds. The predicted molar refractivity (Wildman–Crippen MR) is 79.4 cm³/mol. The van der Waals surface area contributed by atoms with Gasteiger partial charge in [-0.05, 0) is 32.0 Å². The first-order valence-corrected chi connectivity index (χ1v) is 6.68. The highest BCUT2D eigenvalue weighted by Gasteiger charge is 2.07. The van der Waals surface area contributed by atoms with E-state index in [0.717, 1.165) is 31.1 Å². The molecular weight excluding hydrogens is 236 g/mol. The van der Waals surface area contributed by atoms with E-state index >= 15 is 0 Å². The number of nitrogens with zero attached hydrogens (tertiary/aromatic N) is 3. The maximum atomic E-state index is 4.38. The Morgan fingerprint density at radius 2 is 2.00 bits per heavy atom. The topological polar surface area (TPSA) is 41.0 Å². The van der Waals surface area contributed by atoms with Crippen LogP contribution >= 0.6 is 0 Å². The third-order valence-electron chi connectivity index (χ3n) is 2.93. The van der Waals surface area contributed by atoms with Crippen LogP contribution in [0.25, 0.3) is 0 Å². The third kappa shape index (κ3) is 3.68. The normalized spacial score (nSPS) is 10.2. The summed E-state index contributed by atoms with van der Waals surface area (Å²) in [6.45, 7) is 6.85. The van der Waals surface area contributed by atoms with Crippen molar-refractivity contribution in [1.82, 2.24) is 9.97 Å². The van der Waals surface area contributed by atoms with Crippen LogP contribution in [0.5, 0.6) is 0 Å². The zero-order valence-electron chi connectivity index (χ0n) is 11.5. The number of hydrogen-bond donors (Lipinski definition) is 1. The molecule has 1 N–H and O–H groups in total. The van der Waals surface area contributed by atoms with E-state index in [2.05, 4.69) is 46.2 Å². The maximum absolute atomic E-state index is 4.38. The van der Waals surface area contributed by atoms with E-state index in [1.165, 1.54) is 5.69 Å². The van der Waals surface area contributed by atoms with Crippen molar-refractivity contribution in [3.8, 4) is 0 Å². The monoisotopic (exact) mass is 256 g/mol. The lowest BCUT2D eigenvalue weighted by molar-refractivity contribution is 0.809. The van der Waals surface area contributed by atoms with Gasteiger partial charge in [0.1, 0.15) is 5.82 Å². The van der Waals surface area contributed by atoms with Gasteiger partial charge in [0.05, 0.1) is 12.2 Å². The zero-order valence-corrected chi connectivity index (χ0v) is 11.5. The van der Waals surface area contributed by atoms with Crippen LogP contribution in [-0.4, -0.2) is 23.1 Å². The Morgan fingerprint density at radius 3 is 2.68 bits per heavy atom. The third-order valence-corrected chi connectivity index (χ3v) is 2.93. The molecule has 0 spiro atoms. The highest BCUT2D eigenvalue weighted by atomic mass is 15.1. The molecule has 0 unspecified atom stereocenters. The summed E-state index contributed by atoms with van der Waals surface area (Å²) in [7, 11) is 0. The van der Waals surface area contributed by atoms with Gasteiger partial charge in [0, 0.05) is 37.2 Å². The molecule has 100 valence electrons. The van der Waals surface area contributed by atoms with Crippen LogP contribution in [0, 0.1) is 0 Å². The van der Waals surface area contributed by atoms with Crippen LogP contribution in [0.1, 0.15) is 19.5 Å². The molecule has 0 bridgehead atoms. The largest absolute Gasteiger partial charge is 0.370 e. The van der Waals surface area contributed by atoms with Gasteiger partial charge in [-0.1, -0.05) is 6.07 Å². The molecule has 2 heterocycles. The zero-order chi connectivity index (χ0) is 13.5. The second-order valence-corrected chi connectivity index (χ2v) is 4.26. The van der Waals surface area contributed by atoms with Gasteiger partial charge in [-0.25, -0.2) is 4.98 Å². The number of pyridine rings is 2. The van der Waals surface area contributed by atoms with Gasteiger partial charge in [0.15, 0.2) is 0 Å². The second-order valence-electron chi connectivity index (χ2n) is 4.26. The fraction of sp³-hybridized carbons (Fsp3) is 0.333. The summed E-state index contributed by atoms with van der Waals surface area (Å²) >= 11 is 0. The summed E-state index contributed by atoms with van der Waals surface area (Å²) in [5.74, 6) is 0.916. The van der Waals surface area contributed by atoms with E-state index in [1.807, 2.05) is 30.6 Å². The standard InChI is InChI=1S/C15H20N4/c1-3-16-15-11-14(8-10-18-15)19(4-2)12-13-7-5-6-9-17-13/h5-11H,3-4,12H2,1-2H3,(H,16,18). The van der Waals surface area contributed by atoms with Crippen molar-refractivity contribution < 1.29 is 0 Å². The van der Waals surface area contributed by atoms with Crippen LogP contribution in [0.4, 0.5) is 11.5 Å². The molecule has 0 aliphatic rings. The molecular formula is C15H20N4. The molecule has 2 rings (SSSR count). The molecule has 0 atom stereocenters. The second kappa shape index (κ2) is 6.73. The number of anilines is 2. The van der Waals surface area contributed by atoms with Crippen molar-refractivity contribution >= 4 is 11.5 Å². The molecule has 2 aromatic heterocycles. The van der Waals surface area contributed by atoms with Gasteiger partial charge in [-0.15, -0.1) is 0 Å². The number of hydrogen-bond acceptors (Lipinski definition) is 4. The van der Waals surface area contributed by atoms with E-state index in [4.69, 9.17) is 0 Å². The molecule has 0 saturated carbocycles. The molecule has 4 nitrogen and oxygen atoms in total. The van der Waals surface area contributed by atoms with Crippen molar-refractivity contribution in [1.29, 1.82) is 0 Å². The first kappa shape index (κ1) is 13.3. The van der Waals surface area contributed by atoms with E-state index in [1.54, 1.807) is 0 Å². The summed E-state index contributed by atoms with van der Waals surface area (Å²) in [4.78, 5) is 11.0. The number of rotatable bonds is 6. The molecule has 0 saturated heterocycles. The lowest BCUT2D eigenvalue weighted by atomic mass is 10.3. The average molecular weight is 256 g/mol. The summed E-state index contributed by atoms with van der Waals surface area (Å²) in [5.41, 5.74) is 2.24. The van der Waals surface area contributed by atoms with Gasteiger partial charge in [-0.2, -0.15) is 0 Å². The molecule has 0 radical (unpaired) electrons. The first-order valence-electron chi connectivity index (χ1n) is 6.68. The maximum Gasteiger partial charge on any atom is 0.127 e. The molecule has 19 heavy (non-hydrogen) atoms. The van der Waals surface area contributed by atoms with Crippen molar-refractivity contribution in [3.63, 3.8) is 0 Å². The van der Waals surface area contributed by atoms with Crippen LogP contribution in [0.2, 0.25) is 0 Å². The fourth-order valence-corrected chi connectivity index (χ4v) is 1.97. The highest BCUT2D eigenvalue weighted by Crippen LogP contribution is 2.18. The van der Waals surface area contributed by atoms with Crippen molar-refractivity contribution in [2.75, 3.05) is 23.3 Å². The molecule has 2 aromatic rings. The van der Waals surface area contributed by atoms with Crippen LogP contribution in [-0.2, 0) is 6.54 Å². The quantitative estimate of drug-likeness (QED) is 0.862. The molecule has 0 aliphatic heterocycles. The highest BCUT2D eigenvalue weighted by molar-refractivity contribution is 5.53. The van der Waals surface area contributed by atoms with Gasteiger partial charge in [0.25, 0.3) is 0 Å². The Kier molecular flexibility index (Phi) is 4.72. The van der Waals surface area contributed by atoms with E-state index in [9.17, 15) is 0 Å². The summed E-state index contributed by atoms with van der Waals surface area (Å²) in [6.07, 6.45) is 3.67. The Hall–Kier alpha value is -2.10. The predicted octanol–water partition coefficient (Wildman–Crippen LogP) is 2.93. The van der Waals surface area contributed by atoms with Crippen LogP contribution < -0.4 is 10.2 Å². The first-order chi connectivity index (χ1) is 9.33. The smallest absolute Gasteiger partial charge is 0.127 e. The number of aromatic nitrogens is 2. The van der Waals surface area contributed by atoms with E-state index < -0.39 is 0 Å². The Balaban J connectivity index is 2.15. The van der Waals surface area contributed by atoms with Crippen LogP contribution in [0.3, 0.4) is 0 Å². The summed E-state index contributed by atoms with van der Waals surface area (Å²) in [6, 6.07) is 10.1. The van der Waals surface area contributed by atoms with Crippen LogP contribution in [0.15, 0.2) is 42.7 Å². The summed E-state index contributed by atoms with van der Waals surface area (Å²) < 4.78 is 0. The minimum Gasteiger partial charge on any atom is -0.370 e. The molecule has 0 aliphatic carbocycles. The van der Waals surface area contributed by atoms with E-state index in [-0.39, 0.29) is 0 Å². The van der Waals surface area contributed by atoms with Crippen molar-refractivity contribution in [3.05, 3.63) is 48.4 Å². The van der Waals surface area contributed by atoms with Gasteiger partial charge < -0.3 is 10.2 Å². The van der Waals surface area contributed by atoms with Crippen molar-refractivity contribution in [2.24, 2.45) is 0 Å². The Labute approximate surface area is 114 Å². The molecule has 0 aromatic carbocycles. The SMILES string of the molecule is CCNc1cc(N(CC)Cc2ccccn2)ccn1. The lowest BCUT2D eigenvalue weighted by Gasteiger charge is -2.23. The van der Waals surface area contributed by atoms with Crippen molar-refractivity contribution in [2.45, 2.75) is 20.4 Å². The summed E-state index contributed by atoms with van der Waals surface area (Å²) in [5, 5.41) is 3.24. The van der Waals surface area contributed by atoms with Gasteiger partial charge in [-0.3, -0.25) is 4.98 Å². The minimum absolute atomic E-state index is 0.812. The Morgan fingerprint density at radius 1 is 1.11 bits per heavy atom. The minimum atomic E-state index is 0.812. The Bertz CT molecular complexity index is 499. The lowest BCUT2D eigenvalue weighted by Crippen LogP contribution is -2.22.